The number of halogens is 1. The van der Waals surface area contributed by atoms with Gasteiger partial charge in [-0.15, -0.1) is 11.3 Å². The molecule has 0 bridgehead atoms. The number of rotatable bonds is 5. The first-order chi connectivity index (χ1) is 15.1. The summed E-state index contributed by atoms with van der Waals surface area (Å²) in [5.74, 6) is 0.0151. The zero-order valence-electron chi connectivity index (χ0n) is 16.4. The Morgan fingerprint density at radius 3 is 2.68 bits per heavy atom. The van der Waals surface area contributed by atoms with E-state index in [0.717, 1.165) is 50.9 Å². The van der Waals surface area contributed by atoms with Crippen LogP contribution in [0.15, 0.2) is 69.0 Å². The van der Waals surface area contributed by atoms with Gasteiger partial charge in [-0.3, -0.25) is 14.2 Å². The number of aryl methyl sites for hydroxylation is 2. The lowest BCUT2D eigenvalue weighted by Crippen LogP contribution is -2.23. The van der Waals surface area contributed by atoms with E-state index in [1.807, 2.05) is 54.6 Å². The lowest BCUT2D eigenvalue weighted by Gasteiger charge is -2.12. The third-order valence-corrected chi connectivity index (χ3v) is 7.84. The first-order valence-electron chi connectivity index (χ1n) is 9.91. The van der Waals surface area contributed by atoms with Gasteiger partial charge < -0.3 is 5.32 Å². The molecule has 4 aromatic rings. The number of hydrogen-bond acceptors (Lipinski definition) is 5. The number of carbonyl (C=O) groups excluding carboxylic acids is 1. The van der Waals surface area contributed by atoms with Crippen molar-refractivity contribution >= 4 is 60.8 Å². The second-order valence-electron chi connectivity index (χ2n) is 7.25. The quantitative estimate of drug-likeness (QED) is 0.286. The number of nitrogens with one attached hydrogen (secondary N) is 1. The predicted molar refractivity (Wildman–Crippen MR) is 131 cm³/mol. The number of nitrogens with zero attached hydrogens (tertiary/aromatic N) is 2. The topological polar surface area (TPSA) is 64.0 Å². The molecule has 2 aromatic heterocycles. The van der Waals surface area contributed by atoms with Crippen LogP contribution in [0.2, 0.25) is 0 Å². The van der Waals surface area contributed by atoms with E-state index in [1.165, 1.54) is 16.6 Å². The van der Waals surface area contributed by atoms with Crippen LogP contribution >= 0.6 is 39.0 Å². The molecule has 0 radical (unpaired) electrons. The van der Waals surface area contributed by atoms with Crippen molar-refractivity contribution in [2.75, 3.05) is 11.1 Å². The van der Waals surface area contributed by atoms with Gasteiger partial charge in [0, 0.05) is 15.0 Å². The maximum atomic E-state index is 13.5. The number of amides is 1. The normalized spacial score (nSPS) is 12.8. The van der Waals surface area contributed by atoms with E-state index in [2.05, 4.69) is 21.2 Å². The summed E-state index contributed by atoms with van der Waals surface area (Å²) >= 11 is 6.28. The van der Waals surface area contributed by atoms with E-state index in [9.17, 15) is 9.59 Å². The predicted octanol–water partition coefficient (Wildman–Crippen LogP) is 5.43. The Bertz CT molecular complexity index is 1330. The molecule has 5 nitrogen and oxygen atoms in total. The van der Waals surface area contributed by atoms with Crippen LogP contribution in [0.1, 0.15) is 16.9 Å². The summed E-state index contributed by atoms with van der Waals surface area (Å²) in [6.45, 7) is 0. The van der Waals surface area contributed by atoms with Gasteiger partial charge in [-0.25, -0.2) is 4.98 Å². The number of benzene rings is 2. The summed E-state index contributed by atoms with van der Waals surface area (Å²) in [5.41, 5.74) is 2.60. The Labute approximate surface area is 195 Å². The third-order valence-electron chi connectivity index (χ3n) is 5.18. The SMILES string of the molecule is O=C(CSc1nc2sc3c(c2c(=O)n1-c1ccccc1)CCC3)Nc1ccc(Br)cc1. The van der Waals surface area contributed by atoms with Crippen molar-refractivity contribution in [3.63, 3.8) is 0 Å². The number of anilines is 1. The highest BCUT2D eigenvalue weighted by atomic mass is 79.9. The molecule has 0 unspecified atom stereocenters. The fourth-order valence-corrected chi connectivity index (χ4v) is 6.17. The van der Waals surface area contributed by atoms with E-state index in [4.69, 9.17) is 4.98 Å². The van der Waals surface area contributed by atoms with Crippen molar-refractivity contribution in [2.24, 2.45) is 0 Å². The number of para-hydroxylation sites is 1. The van der Waals surface area contributed by atoms with Crippen LogP contribution in [0.4, 0.5) is 5.69 Å². The molecule has 8 heteroatoms. The highest BCUT2D eigenvalue weighted by Gasteiger charge is 2.24. The molecule has 0 atom stereocenters. The average Bonchev–Trinajstić information content (AvgIpc) is 3.35. The number of thioether (sulfide) groups is 1. The Morgan fingerprint density at radius 2 is 1.90 bits per heavy atom. The monoisotopic (exact) mass is 511 g/mol. The summed E-state index contributed by atoms with van der Waals surface area (Å²) in [7, 11) is 0. The van der Waals surface area contributed by atoms with Gasteiger partial charge in [-0.1, -0.05) is 45.9 Å². The van der Waals surface area contributed by atoms with Crippen LogP contribution in [-0.4, -0.2) is 21.2 Å². The van der Waals surface area contributed by atoms with Gasteiger partial charge >= 0.3 is 0 Å². The van der Waals surface area contributed by atoms with E-state index in [0.29, 0.717) is 5.16 Å². The molecule has 2 aromatic carbocycles. The van der Waals surface area contributed by atoms with Crippen molar-refractivity contribution in [3.05, 3.63) is 79.9 Å². The smallest absolute Gasteiger partial charge is 0.267 e. The van der Waals surface area contributed by atoms with E-state index < -0.39 is 0 Å². The number of aromatic nitrogens is 2. The largest absolute Gasteiger partial charge is 0.325 e. The molecule has 0 spiro atoms. The molecule has 1 N–H and O–H groups in total. The zero-order chi connectivity index (χ0) is 21.4. The van der Waals surface area contributed by atoms with Crippen LogP contribution in [0.25, 0.3) is 15.9 Å². The minimum Gasteiger partial charge on any atom is -0.325 e. The summed E-state index contributed by atoms with van der Waals surface area (Å²) < 4.78 is 2.60. The van der Waals surface area contributed by atoms with Gasteiger partial charge in [0.15, 0.2) is 5.16 Å². The Hall–Kier alpha value is -2.42. The highest BCUT2D eigenvalue weighted by Crippen LogP contribution is 2.36. The van der Waals surface area contributed by atoms with Gasteiger partial charge in [0.2, 0.25) is 5.91 Å². The van der Waals surface area contributed by atoms with E-state index >= 15 is 0 Å². The first-order valence-corrected chi connectivity index (χ1v) is 12.5. The Balaban J connectivity index is 1.49. The van der Waals surface area contributed by atoms with E-state index in [1.54, 1.807) is 15.9 Å². The first kappa shape index (κ1) is 20.5. The van der Waals surface area contributed by atoms with Gasteiger partial charge in [0.1, 0.15) is 4.83 Å². The summed E-state index contributed by atoms with van der Waals surface area (Å²) in [6, 6.07) is 16.9. The Kier molecular flexibility index (Phi) is 5.69. The molecule has 1 aliphatic rings. The van der Waals surface area contributed by atoms with Crippen molar-refractivity contribution < 1.29 is 4.79 Å². The summed E-state index contributed by atoms with van der Waals surface area (Å²) in [5, 5.41) is 4.17. The lowest BCUT2D eigenvalue weighted by molar-refractivity contribution is -0.113. The molecular formula is C23H18BrN3O2S2. The van der Waals surface area contributed by atoms with Gasteiger partial charge in [-0.05, 0) is 61.2 Å². The molecule has 0 saturated heterocycles. The molecule has 0 aliphatic heterocycles. The van der Waals surface area contributed by atoms with Crippen LogP contribution in [-0.2, 0) is 17.6 Å². The molecule has 1 aliphatic carbocycles. The molecular weight excluding hydrogens is 494 g/mol. The number of thiophene rings is 1. The molecule has 156 valence electrons. The van der Waals surface area contributed by atoms with Crippen LogP contribution in [0.5, 0.6) is 0 Å². The van der Waals surface area contributed by atoms with Crippen molar-refractivity contribution in [3.8, 4) is 5.69 Å². The fraction of sp³-hybridized carbons (Fsp3) is 0.174. The van der Waals surface area contributed by atoms with Crippen molar-refractivity contribution in [1.82, 2.24) is 9.55 Å². The van der Waals surface area contributed by atoms with Crippen LogP contribution < -0.4 is 10.9 Å². The van der Waals surface area contributed by atoms with Gasteiger partial charge in [0.05, 0.1) is 16.8 Å². The molecule has 0 saturated carbocycles. The van der Waals surface area contributed by atoms with Gasteiger partial charge in [-0.2, -0.15) is 0 Å². The molecule has 5 rings (SSSR count). The molecule has 0 fully saturated rings. The third kappa shape index (κ3) is 4.07. The molecule has 31 heavy (non-hydrogen) atoms. The minimum atomic E-state index is -0.144. The highest BCUT2D eigenvalue weighted by molar-refractivity contribution is 9.10. The fourth-order valence-electron chi connectivity index (χ4n) is 3.79. The lowest BCUT2D eigenvalue weighted by atomic mass is 10.2. The average molecular weight is 512 g/mol. The Morgan fingerprint density at radius 1 is 1.13 bits per heavy atom. The maximum Gasteiger partial charge on any atom is 0.267 e. The minimum absolute atomic E-state index is 0.0496. The zero-order valence-corrected chi connectivity index (χ0v) is 19.6. The van der Waals surface area contributed by atoms with Gasteiger partial charge in [0.25, 0.3) is 5.56 Å². The summed E-state index contributed by atoms with van der Waals surface area (Å²) in [4.78, 5) is 32.9. The van der Waals surface area contributed by atoms with Crippen LogP contribution in [0, 0.1) is 0 Å². The number of fused-ring (bicyclic) bond motifs is 3. The molecule has 2 heterocycles. The number of hydrogen-bond donors (Lipinski definition) is 1. The summed E-state index contributed by atoms with van der Waals surface area (Å²) in [6.07, 6.45) is 3.04. The van der Waals surface area contributed by atoms with Crippen molar-refractivity contribution in [2.45, 2.75) is 24.4 Å². The second kappa shape index (κ2) is 8.61. The maximum absolute atomic E-state index is 13.5. The van der Waals surface area contributed by atoms with Crippen molar-refractivity contribution in [1.29, 1.82) is 0 Å². The number of carbonyl (C=O) groups is 1. The van der Waals surface area contributed by atoms with E-state index in [-0.39, 0.29) is 17.2 Å². The molecule has 1 amide bonds. The standard InChI is InChI=1S/C23H18BrN3O2S2/c24-14-9-11-15(12-10-14)25-19(28)13-30-23-26-21-20(17-7-4-8-18(17)31-21)22(29)27(23)16-5-2-1-3-6-16/h1-3,5-6,9-12H,4,7-8,13H2,(H,25,28). The van der Waals surface area contributed by atoms with Crippen LogP contribution in [0.3, 0.4) is 0 Å². The second-order valence-corrected chi connectivity index (χ2v) is 10.2.